The summed E-state index contributed by atoms with van der Waals surface area (Å²) in [6.45, 7) is 2.69. The summed E-state index contributed by atoms with van der Waals surface area (Å²) in [6.07, 6.45) is 5.26. The van der Waals surface area contributed by atoms with Gasteiger partial charge in [-0.2, -0.15) is 0 Å². The number of aliphatic carboxylic acids is 1. The molecule has 0 radical (unpaired) electrons. The highest BCUT2D eigenvalue weighted by atomic mass is 79.9. The van der Waals surface area contributed by atoms with Gasteiger partial charge in [-0.05, 0) is 55.6 Å². The largest absolute Gasteiger partial charge is 0.481 e. The number of carboxylic acids is 1. The van der Waals surface area contributed by atoms with Gasteiger partial charge < -0.3 is 5.11 Å². The number of carbonyl (C=O) groups excluding carboxylic acids is 2. The minimum absolute atomic E-state index is 0.150. The molecule has 0 heterocycles. The molecule has 0 atom stereocenters. The molecule has 4 rings (SSSR count). The van der Waals surface area contributed by atoms with Crippen molar-refractivity contribution in [2.45, 2.75) is 51.4 Å². The molecule has 2 aliphatic rings. The Morgan fingerprint density at radius 2 is 1.14 bits per heavy atom. The first-order valence-corrected chi connectivity index (χ1v) is 10.9. The van der Waals surface area contributed by atoms with Crippen molar-refractivity contribution in [3.05, 3.63) is 70.8 Å². The van der Waals surface area contributed by atoms with Gasteiger partial charge in [-0.3, -0.25) is 14.4 Å². The monoisotopic (exact) mass is 458 g/mol. The van der Waals surface area contributed by atoms with E-state index in [1.54, 1.807) is 6.92 Å². The molecule has 0 saturated heterocycles. The maximum absolute atomic E-state index is 11.3. The van der Waals surface area contributed by atoms with E-state index in [9.17, 15) is 9.59 Å². The Labute approximate surface area is 180 Å². The van der Waals surface area contributed by atoms with Crippen LogP contribution in [0.5, 0.6) is 0 Å². The first-order valence-electron chi connectivity index (χ1n) is 9.81. The number of ketones is 2. The van der Waals surface area contributed by atoms with Crippen molar-refractivity contribution in [2.24, 2.45) is 0 Å². The van der Waals surface area contributed by atoms with Gasteiger partial charge in [0.15, 0.2) is 11.6 Å². The molecule has 154 valence electrons. The van der Waals surface area contributed by atoms with Crippen molar-refractivity contribution in [3.8, 4) is 0 Å². The molecule has 0 bridgehead atoms. The van der Waals surface area contributed by atoms with Gasteiger partial charge in [-0.15, -0.1) is 0 Å². The van der Waals surface area contributed by atoms with Crippen LogP contribution in [0.1, 0.15) is 83.2 Å². The van der Waals surface area contributed by atoms with Crippen molar-refractivity contribution in [2.75, 3.05) is 5.33 Å². The van der Waals surface area contributed by atoms with Crippen LogP contribution in [0.3, 0.4) is 0 Å². The van der Waals surface area contributed by atoms with Crippen LogP contribution >= 0.6 is 15.9 Å². The van der Waals surface area contributed by atoms with Crippen molar-refractivity contribution in [1.82, 2.24) is 0 Å². The lowest BCUT2D eigenvalue weighted by Gasteiger charge is -1.99. The first kappa shape index (κ1) is 23.0. The molecule has 0 spiro atoms. The van der Waals surface area contributed by atoms with Crippen molar-refractivity contribution in [1.29, 1.82) is 0 Å². The number of hydrogen-bond donors (Lipinski definition) is 1. The average molecular weight is 459 g/mol. The van der Waals surface area contributed by atoms with Gasteiger partial charge in [-0.25, -0.2) is 0 Å². The number of carbonyl (C=O) groups is 3. The number of benzene rings is 2. The molecule has 29 heavy (non-hydrogen) atoms. The van der Waals surface area contributed by atoms with Gasteiger partial charge in [0.2, 0.25) is 0 Å². The van der Waals surface area contributed by atoms with Crippen LogP contribution in [0.4, 0.5) is 0 Å². The van der Waals surface area contributed by atoms with Gasteiger partial charge >= 0.3 is 0 Å². The Kier molecular flexibility index (Phi) is 8.77. The molecule has 2 aliphatic carbocycles. The Morgan fingerprint density at radius 1 is 0.793 bits per heavy atom. The molecule has 2 saturated carbocycles. The standard InChI is InChI=1S/C11H11BrO.C11H12O.C2H4O2/c12-7-11(13)10-5-3-9(4-6-10)8-1-2-8;1-8(12)9-2-4-10(5-3-9)11-6-7-11;1-2(3)4/h3-6,8H,1-2,7H2;2-5,11H,6-7H2,1H3;1H3,(H,3,4). The summed E-state index contributed by atoms with van der Waals surface area (Å²) in [5.74, 6) is 1.03. The van der Waals surface area contributed by atoms with E-state index in [0.717, 1.165) is 29.9 Å². The van der Waals surface area contributed by atoms with Gasteiger partial charge in [0, 0.05) is 18.1 Å². The molecule has 0 amide bonds. The second-order valence-electron chi connectivity index (χ2n) is 7.42. The van der Waals surface area contributed by atoms with E-state index in [-0.39, 0.29) is 11.6 Å². The lowest BCUT2D eigenvalue weighted by atomic mass is 10.1. The van der Waals surface area contributed by atoms with Crippen LogP contribution in [-0.2, 0) is 4.79 Å². The number of halogens is 1. The van der Waals surface area contributed by atoms with E-state index in [1.807, 2.05) is 24.3 Å². The molecule has 0 aromatic heterocycles. The zero-order valence-corrected chi connectivity index (χ0v) is 18.4. The van der Waals surface area contributed by atoms with Gasteiger partial charge in [0.25, 0.3) is 5.97 Å². The van der Waals surface area contributed by atoms with Crippen molar-refractivity contribution >= 4 is 33.5 Å². The first-order chi connectivity index (χ1) is 13.8. The third-order valence-corrected chi connectivity index (χ3v) is 5.28. The predicted molar refractivity (Wildman–Crippen MR) is 118 cm³/mol. The van der Waals surface area contributed by atoms with E-state index < -0.39 is 5.97 Å². The topological polar surface area (TPSA) is 71.4 Å². The molecule has 0 aliphatic heterocycles. The Balaban J connectivity index is 0.000000176. The molecule has 2 aromatic carbocycles. The maximum Gasteiger partial charge on any atom is 0.300 e. The number of carboxylic acid groups (broad SMARTS) is 1. The summed E-state index contributed by atoms with van der Waals surface area (Å²) in [4.78, 5) is 31.2. The van der Waals surface area contributed by atoms with Gasteiger partial charge in [0.05, 0.1) is 5.33 Å². The molecule has 4 nitrogen and oxygen atoms in total. The fourth-order valence-corrected chi connectivity index (χ4v) is 3.17. The Morgan fingerprint density at radius 3 is 1.41 bits per heavy atom. The number of hydrogen-bond acceptors (Lipinski definition) is 3. The van der Waals surface area contributed by atoms with Crippen LogP contribution in [0, 0.1) is 0 Å². The van der Waals surface area contributed by atoms with E-state index in [4.69, 9.17) is 9.90 Å². The van der Waals surface area contributed by atoms with E-state index >= 15 is 0 Å². The lowest BCUT2D eigenvalue weighted by molar-refractivity contribution is -0.134. The SMILES string of the molecule is CC(=O)O.CC(=O)c1ccc(C2CC2)cc1.O=C(CBr)c1ccc(C2CC2)cc1. The fraction of sp³-hybridized carbons (Fsp3) is 0.375. The second kappa shape index (κ2) is 11.1. The van der Waals surface area contributed by atoms with Crippen LogP contribution in [0.25, 0.3) is 0 Å². The quantitative estimate of drug-likeness (QED) is 0.440. The van der Waals surface area contributed by atoms with E-state index in [1.165, 1.54) is 36.8 Å². The smallest absolute Gasteiger partial charge is 0.300 e. The highest BCUT2D eigenvalue weighted by Crippen LogP contribution is 2.40. The summed E-state index contributed by atoms with van der Waals surface area (Å²) in [5, 5.41) is 7.83. The molecule has 5 heteroatoms. The van der Waals surface area contributed by atoms with Crippen molar-refractivity contribution < 1.29 is 19.5 Å². The van der Waals surface area contributed by atoms with Crippen LogP contribution in [0.2, 0.25) is 0 Å². The van der Waals surface area contributed by atoms with Gasteiger partial charge in [0.1, 0.15) is 0 Å². The summed E-state index contributed by atoms with van der Waals surface area (Å²) < 4.78 is 0. The summed E-state index contributed by atoms with van der Waals surface area (Å²) in [5.41, 5.74) is 4.40. The molecule has 2 fully saturated rings. The molecule has 0 unspecified atom stereocenters. The minimum Gasteiger partial charge on any atom is -0.481 e. The van der Waals surface area contributed by atoms with E-state index in [0.29, 0.717) is 5.33 Å². The van der Waals surface area contributed by atoms with Crippen LogP contribution in [-0.4, -0.2) is 28.0 Å². The molecule has 2 aromatic rings. The highest BCUT2D eigenvalue weighted by molar-refractivity contribution is 9.09. The van der Waals surface area contributed by atoms with E-state index in [2.05, 4.69) is 40.2 Å². The fourth-order valence-electron chi connectivity index (χ4n) is 2.84. The Hall–Kier alpha value is -2.27. The minimum atomic E-state index is -0.833. The van der Waals surface area contributed by atoms with Crippen LogP contribution < -0.4 is 0 Å². The third kappa shape index (κ3) is 8.32. The maximum atomic E-state index is 11.3. The summed E-state index contributed by atoms with van der Waals surface area (Å²) in [6, 6.07) is 16.0. The molecular formula is C24H27BrO4. The third-order valence-electron chi connectivity index (χ3n) is 4.77. The van der Waals surface area contributed by atoms with Crippen molar-refractivity contribution in [3.63, 3.8) is 0 Å². The number of Topliss-reactive ketones (excluding diaryl/α,β-unsaturated/α-hetero) is 2. The Bertz CT molecular complexity index is 828. The average Bonchev–Trinajstić information content (AvgIpc) is 3.60. The predicted octanol–water partition coefficient (Wildman–Crippen LogP) is 6.00. The second-order valence-corrected chi connectivity index (χ2v) is 7.99. The number of rotatable bonds is 5. The lowest BCUT2D eigenvalue weighted by Crippen LogP contribution is -1.99. The van der Waals surface area contributed by atoms with Gasteiger partial charge in [-0.1, -0.05) is 64.5 Å². The zero-order chi connectivity index (χ0) is 21.4. The summed E-state index contributed by atoms with van der Waals surface area (Å²) >= 11 is 3.16. The summed E-state index contributed by atoms with van der Waals surface area (Å²) in [7, 11) is 0. The highest BCUT2D eigenvalue weighted by Gasteiger charge is 2.23. The zero-order valence-electron chi connectivity index (χ0n) is 16.9. The normalized spacial score (nSPS) is 14.6. The molecule has 1 N–H and O–H groups in total. The molecular weight excluding hydrogens is 432 g/mol. The van der Waals surface area contributed by atoms with Crippen LogP contribution in [0.15, 0.2) is 48.5 Å². The number of alkyl halides is 1.